The van der Waals surface area contributed by atoms with Gasteiger partial charge in [-0.25, -0.2) is 9.97 Å². The zero-order valence-electron chi connectivity index (χ0n) is 9.13. The quantitative estimate of drug-likeness (QED) is 0.845. The van der Waals surface area contributed by atoms with Crippen LogP contribution in [-0.2, 0) is 6.54 Å². The van der Waals surface area contributed by atoms with Gasteiger partial charge in [0.05, 0.1) is 25.2 Å². The SMILES string of the molecule is CCN(Cc1ccco1)c1cnc(N)cn1. The van der Waals surface area contributed by atoms with Crippen molar-refractivity contribution in [2.45, 2.75) is 13.5 Å². The standard InChI is InChI=1S/C11H14N4O/c1-2-15(8-9-4-3-5-16-9)11-7-13-10(12)6-14-11/h3-7H,2,8H2,1H3,(H2,12,13). The number of nitrogen functional groups attached to an aromatic ring is 1. The van der Waals surface area contributed by atoms with E-state index in [1.165, 1.54) is 0 Å². The molecule has 2 aromatic rings. The van der Waals surface area contributed by atoms with Gasteiger partial charge in [0, 0.05) is 6.54 Å². The van der Waals surface area contributed by atoms with E-state index < -0.39 is 0 Å². The second-order valence-corrected chi connectivity index (χ2v) is 3.39. The van der Waals surface area contributed by atoms with Crippen LogP contribution in [0.4, 0.5) is 11.6 Å². The van der Waals surface area contributed by atoms with Gasteiger partial charge in [-0.05, 0) is 19.1 Å². The Morgan fingerprint density at radius 1 is 1.38 bits per heavy atom. The minimum absolute atomic E-state index is 0.429. The van der Waals surface area contributed by atoms with Gasteiger partial charge in [0.1, 0.15) is 17.4 Å². The van der Waals surface area contributed by atoms with Crippen LogP contribution in [-0.4, -0.2) is 16.5 Å². The topological polar surface area (TPSA) is 68.2 Å². The molecule has 0 amide bonds. The van der Waals surface area contributed by atoms with Crippen molar-refractivity contribution in [1.82, 2.24) is 9.97 Å². The number of rotatable bonds is 4. The molecule has 0 bridgehead atoms. The highest BCUT2D eigenvalue weighted by Gasteiger charge is 2.08. The summed E-state index contributed by atoms with van der Waals surface area (Å²) in [6, 6.07) is 3.81. The molecular formula is C11H14N4O. The molecule has 5 nitrogen and oxygen atoms in total. The first-order valence-corrected chi connectivity index (χ1v) is 5.14. The highest BCUT2D eigenvalue weighted by atomic mass is 16.3. The molecule has 0 spiro atoms. The maximum Gasteiger partial charge on any atom is 0.147 e. The molecule has 2 rings (SSSR count). The molecule has 0 saturated carbocycles. The maximum atomic E-state index is 5.49. The van der Waals surface area contributed by atoms with Crippen LogP contribution < -0.4 is 10.6 Å². The molecule has 0 aliphatic heterocycles. The summed E-state index contributed by atoms with van der Waals surface area (Å²) >= 11 is 0. The van der Waals surface area contributed by atoms with E-state index in [1.54, 1.807) is 18.7 Å². The Morgan fingerprint density at radius 3 is 2.81 bits per heavy atom. The third kappa shape index (κ3) is 2.31. The fraction of sp³-hybridized carbons (Fsp3) is 0.273. The first-order valence-electron chi connectivity index (χ1n) is 5.14. The molecule has 84 valence electrons. The van der Waals surface area contributed by atoms with Crippen LogP contribution >= 0.6 is 0 Å². The van der Waals surface area contributed by atoms with Crippen molar-refractivity contribution in [2.24, 2.45) is 0 Å². The predicted molar refractivity (Wildman–Crippen MR) is 61.9 cm³/mol. The molecular weight excluding hydrogens is 204 g/mol. The average Bonchev–Trinajstić information content (AvgIpc) is 2.80. The first kappa shape index (κ1) is 10.5. The molecule has 2 N–H and O–H groups in total. The molecule has 0 aliphatic carbocycles. The number of furan rings is 1. The Labute approximate surface area is 93.9 Å². The Hall–Kier alpha value is -2.04. The van der Waals surface area contributed by atoms with Gasteiger partial charge in [0.15, 0.2) is 0 Å². The second kappa shape index (κ2) is 4.65. The summed E-state index contributed by atoms with van der Waals surface area (Å²) in [6.07, 6.45) is 4.89. The summed E-state index contributed by atoms with van der Waals surface area (Å²) in [7, 11) is 0. The maximum absolute atomic E-state index is 5.49. The lowest BCUT2D eigenvalue weighted by Crippen LogP contribution is -2.23. The van der Waals surface area contributed by atoms with Crippen molar-refractivity contribution < 1.29 is 4.42 Å². The minimum Gasteiger partial charge on any atom is -0.467 e. The molecule has 0 radical (unpaired) electrons. The molecule has 16 heavy (non-hydrogen) atoms. The molecule has 0 aromatic carbocycles. The number of hydrogen-bond acceptors (Lipinski definition) is 5. The van der Waals surface area contributed by atoms with Gasteiger partial charge in [0.25, 0.3) is 0 Å². The van der Waals surface area contributed by atoms with Gasteiger partial charge in [-0.2, -0.15) is 0 Å². The number of aromatic nitrogens is 2. The van der Waals surface area contributed by atoms with Gasteiger partial charge in [0.2, 0.25) is 0 Å². The van der Waals surface area contributed by atoms with E-state index in [4.69, 9.17) is 10.2 Å². The summed E-state index contributed by atoms with van der Waals surface area (Å²) in [5.74, 6) is 2.13. The van der Waals surface area contributed by atoms with E-state index in [-0.39, 0.29) is 0 Å². The van der Waals surface area contributed by atoms with Crippen LogP contribution in [0.3, 0.4) is 0 Å². The Balaban J connectivity index is 2.13. The van der Waals surface area contributed by atoms with Gasteiger partial charge >= 0.3 is 0 Å². The second-order valence-electron chi connectivity index (χ2n) is 3.39. The van der Waals surface area contributed by atoms with E-state index in [1.807, 2.05) is 12.1 Å². The zero-order valence-corrected chi connectivity index (χ0v) is 9.13. The van der Waals surface area contributed by atoms with E-state index in [9.17, 15) is 0 Å². The van der Waals surface area contributed by atoms with Gasteiger partial charge in [-0.1, -0.05) is 0 Å². The average molecular weight is 218 g/mol. The van der Waals surface area contributed by atoms with E-state index >= 15 is 0 Å². The Morgan fingerprint density at radius 2 is 2.25 bits per heavy atom. The highest BCUT2D eigenvalue weighted by molar-refractivity contribution is 5.39. The Kier molecular flexibility index (Phi) is 3.05. The Bertz CT molecular complexity index is 424. The largest absolute Gasteiger partial charge is 0.467 e. The lowest BCUT2D eigenvalue weighted by molar-refractivity contribution is 0.503. The van der Waals surface area contributed by atoms with Crippen molar-refractivity contribution in [2.75, 3.05) is 17.2 Å². The lowest BCUT2D eigenvalue weighted by Gasteiger charge is -2.19. The third-order valence-electron chi connectivity index (χ3n) is 2.29. The van der Waals surface area contributed by atoms with Gasteiger partial charge in [-0.15, -0.1) is 0 Å². The molecule has 0 fully saturated rings. The third-order valence-corrected chi connectivity index (χ3v) is 2.29. The van der Waals surface area contributed by atoms with E-state index in [0.29, 0.717) is 12.4 Å². The van der Waals surface area contributed by atoms with Crippen LogP contribution in [0.5, 0.6) is 0 Å². The number of nitrogens with two attached hydrogens (primary N) is 1. The fourth-order valence-electron chi connectivity index (χ4n) is 1.44. The molecule has 0 aliphatic rings. The molecule has 2 heterocycles. The van der Waals surface area contributed by atoms with Crippen molar-refractivity contribution in [3.63, 3.8) is 0 Å². The predicted octanol–water partition coefficient (Wildman–Crippen LogP) is 1.68. The highest BCUT2D eigenvalue weighted by Crippen LogP contribution is 2.13. The van der Waals surface area contributed by atoms with Crippen LogP contribution in [0, 0.1) is 0 Å². The fourth-order valence-corrected chi connectivity index (χ4v) is 1.44. The van der Waals surface area contributed by atoms with Crippen molar-refractivity contribution in [3.8, 4) is 0 Å². The van der Waals surface area contributed by atoms with E-state index in [0.717, 1.165) is 18.1 Å². The number of hydrogen-bond donors (Lipinski definition) is 1. The van der Waals surface area contributed by atoms with Crippen LogP contribution in [0.15, 0.2) is 35.2 Å². The normalized spacial score (nSPS) is 10.3. The molecule has 2 aromatic heterocycles. The minimum atomic E-state index is 0.429. The summed E-state index contributed by atoms with van der Waals surface area (Å²) in [6.45, 7) is 3.57. The monoisotopic (exact) mass is 218 g/mol. The zero-order chi connectivity index (χ0) is 11.4. The number of anilines is 2. The summed E-state index contributed by atoms with van der Waals surface area (Å²) in [4.78, 5) is 10.3. The van der Waals surface area contributed by atoms with Crippen molar-refractivity contribution in [3.05, 3.63) is 36.5 Å². The number of nitrogens with zero attached hydrogens (tertiary/aromatic N) is 3. The summed E-state index contributed by atoms with van der Waals surface area (Å²) in [5.41, 5.74) is 5.49. The summed E-state index contributed by atoms with van der Waals surface area (Å²) in [5, 5.41) is 0. The lowest BCUT2D eigenvalue weighted by atomic mass is 10.4. The van der Waals surface area contributed by atoms with Crippen LogP contribution in [0.25, 0.3) is 0 Å². The molecule has 0 atom stereocenters. The molecule has 0 saturated heterocycles. The van der Waals surface area contributed by atoms with Crippen molar-refractivity contribution in [1.29, 1.82) is 0 Å². The van der Waals surface area contributed by atoms with Crippen LogP contribution in [0.1, 0.15) is 12.7 Å². The molecule has 5 heteroatoms. The van der Waals surface area contributed by atoms with Gasteiger partial charge in [-0.3, -0.25) is 0 Å². The van der Waals surface area contributed by atoms with Crippen LogP contribution in [0.2, 0.25) is 0 Å². The van der Waals surface area contributed by atoms with Gasteiger partial charge < -0.3 is 15.1 Å². The first-order chi connectivity index (χ1) is 7.79. The molecule has 0 unspecified atom stereocenters. The van der Waals surface area contributed by atoms with Crippen molar-refractivity contribution >= 4 is 11.6 Å². The summed E-state index contributed by atoms with van der Waals surface area (Å²) < 4.78 is 5.30. The van der Waals surface area contributed by atoms with E-state index in [2.05, 4.69) is 21.8 Å². The smallest absolute Gasteiger partial charge is 0.147 e.